The standard InChI is InChI=1S/C11H16N2O3S/c1-7-3-4-10(9(12)5-7)17(15,16)6-8(2)11(13)14/h3-5,8H,6,12H2,1-2H3,(H2,13,14). The van der Waals surface area contributed by atoms with Crippen LogP contribution in [0.15, 0.2) is 23.1 Å². The number of primary amides is 1. The lowest BCUT2D eigenvalue weighted by Crippen LogP contribution is -2.27. The number of sulfone groups is 1. The molecule has 0 aliphatic carbocycles. The average molecular weight is 256 g/mol. The molecule has 1 amide bonds. The maximum Gasteiger partial charge on any atom is 0.221 e. The normalized spacial score (nSPS) is 13.3. The highest BCUT2D eigenvalue weighted by atomic mass is 32.2. The molecule has 0 aromatic heterocycles. The minimum atomic E-state index is -3.58. The third-order valence-electron chi connectivity index (χ3n) is 2.46. The first-order chi connectivity index (χ1) is 7.74. The summed E-state index contributed by atoms with van der Waals surface area (Å²) in [5.74, 6) is -1.70. The van der Waals surface area contributed by atoms with Gasteiger partial charge in [-0.05, 0) is 24.6 Å². The topological polar surface area (TPSA) is 103 Å². The van der Waals surface area contributed by atoms with Crippen molar-refractivity contribution in [2.45, 2.75) is 18.7 Å². The van der Waals surface area contributed by atoms with E-state index in [1.807, 2.05) is 6.92 Å². The zero-order chi connectivity index (χ0) is 13.2. The van der Waals surface area contributed by atoms with Gasteiger partial charge in [0, 0.05) is 5.92 Å². The number of carbonyl (C=O) groups is 1. The van der Waals surface area contributed by atoms with Crippen molar-refractivity contribution in [3.63, 3.8) is 0 Å². The summed E-state index contributed by atoms with van der Waals surface area (Å²) in [4.78, 5) is 10.9. The molecule has 0 aliphatic rings. The molecule has 0 radical (unpaired) electrons. The third kappa shape index (κ3) is 3.20. The Morgan fingerprint density at radius 1 is 1.41 bits per heavy atom. The van der Waals surface area contributed by atoms with Crippen molar-refractivity contribution < 1.29 is 13.2 Å². The quantitative estimate of drug-likeness (QED) is 0.764. The highest BCUT2D eigenvalue weighted by molar-refractivity contribution is 7.91. The lowest BCUT2D eigenvalue weighted by atomic mass is 10.2. The van der Waals surface area contributed by atoms with Gasteiger partial charge in [0.05, 0.1) is 16.3 Å². The molecule has 1 rings (SSSR count). The van der Waals surface area contributed by atoms with Gasteiger partial charge in [0.1, 0.15) is 0 Å². The molecule has 0 saturated heterocycles. The molecule has 0 spiro atoms. The second kappa shape index (κ2) is 4.75. The molecule has 0 saturated carbocycles. The van der Waals surface area contributed by atoms with E-state index in [1.165, 1.54) is 13.0 Å². The van der Waals surface area contributed by atoms with Gasteiger partial charge < -0.3 is 11.5 Å². The predicted octanol–water partition coefficient (Wildman–Crippen LogP) is 0.472. The fourth-order valence-electron chi connectivity index (χ4n) is 1.45. The molecule has 6 heteroatoms. The van der Waals surface area contributed by atoms with Gasteiger partial charge in [-0.2, -0.15) is 0 Å². The van der Waals surface area contributed by atoms with Crippen LogP contribution in [0.5, 0.6) is 0 Å². The molecule has 0 heterocycles. The van der Waals surface area contributed by atoms with Crippen LogP contribution in [0.25, 0.3) is 0 Å². The molecular weight excluding hydrogens is 240 g/mol. The van der Waals surface area contributed by atoms with Gasteiger partial charge in [-0.25, -0.2) is 8.42 Å². The Balaban J connectivity index is 3.10. The first kappa shape index (κ1) is 13.5. The second-order valence-corrected chi connectivity index (χ2v) is 6.13. The summed E-state index contributed by atoms with van der Waals surface area (Å²) in [5.41, 5.74) is 11.8. The van der Waals surface area contributed by atoms with E-state index in [4.69, 9.17) is 11.5 Å². The summed E-state index contributed by atoms with van der Waals surface area (Å²) < 4.78 is 24.0. The van der Waals surface area contributed by atoms with Crippen molar-refractivity contribution in [3.8, 4) is 0 Å². The van der Waals surface area contributed by atoms with Crippen LogP contribution < -0.4 is 11.5 Å². The van der Waals surface area contributed by atoms with E-state index in [0.29, 0.717) is 0 Å². The molecular formula is C11H16N2O3S. The van der Waals surface area contributed by atoms with Gasteiger partial charge in [-0.15, -0.1) is 0 Å². The molecule has 0 bridgehead atoms. The number of hydrogen-bond donors (Lipinski definition) is 2. The van der Waals surface area contributed by atoms with Gasteiger partial charge in [0.2, 0.25) is 5.91 Å². The van der Waals surface area contributed by atoms with Crippen LogP contribution >= 0.6 is 0 Å². The Hall–Kier alpha value is -1.56. The Bertz CT molecular complexity index is 538. The van der Waals surface area contributed by atoms with Crippen LogP contribution in [0.3, 0.4) is 0 Å². The first-order valence-electron chi connectivity index (χ1n) is 5.12. The monoisotopic (exact) mass is 256 g/mol. The lowest BCUT2D eigenvalue weighted by molar-refractivity contribution is -0.120. The zero-order valence-electron chi connectivity index (χ0n) is 9.80. The van der Waals surface area contributed by atoms with Crippen LogP contribution in [0, 0.1) is 12.8 Å². The SMILES string of the molecule is Cc1ccc(S(=O)(=O)CC(C)C(N)=O)c(N)c1. The summed E-state index contributed by atoms with van der Waals surface area (Å²) >= 11 is 0. The Morgan fingerprint density at radius 2 is 2.00 bits per heavy atom. The number of nitrogens with two attached hydrogens (primary N) is 2. The fraction of sp³-hybridized carbons (Fsp3) is 0.364. The molecule has 17 heavy (non-hydrogen) atoms. The summed E-state index contributed by atoms with van der Waals surface area (Å²) in [6.45, 7) is 3.29. The van der Waals surface area contributed by atoms with Crippen molar-refractivity contribution >= 4 is 21.4 Å². The second-order valence-electron chi connectivity index (χ2n) is 4.13. The number of anilines is 1. The Morgan fingerprint density at radius 3 is 2.47 bits per heavy atom. The van der Waals surface area contributed by atoms with Crippen molar-refractivity contribution in [3.05, 3.63) is 23.8 Å². The van der Waals surface area contributed by atoms with E-state index in [9.17, 15) is 13.2 Å². The smallest absolute Gasteiger partial charge is 0.221 e. The predicted molar refractivity (Wildman–Crippen MR) is 66.0 cm³/mol. The van der Waals surface area contributed by atoms with Crippen molar-refractivity contribution in [2.24, 2.45) is 11.7 Å². The Labute approximate surface area is 101 Å². The summed E-state index contributed by atoms with van der Waals surface area (Å²) in [7, 11) is -3.58. The molecule has 94 valence electrons. The highest BCUT2D eigenvalue weighted by Gasteiger charge is 2.23. The van der Waals surface area contributed by atoms with Crippen molar-refractivity contribution in [1.82, 2.24) is 0 Å². The lowest BCUT2D eigenvalue weighted by Gasteiger charge is -2.11. The van der Waals surface area contributed by atoms with Gasteiger partial charge in [-0.1, -0.05) is 13.0 Å². The van der Waals surface area contributed by atoms with E-state index in [1.54, 1.807) is 12.1 Å². The molecule has 1 atom stereocenters. The number of amides is 1. The Kier molecular flexibility index (Phi) is 3.77. The van der Waals surface area contributed by atoms with Crippen molar-refractivity contribution in [1.29, 1.82) is 0 Å². The van der Waals surface area contributed by atoms with Crippen molar-refractivity contribution in [2.75, 3.05) is 11.5 Å². The average Bonchev–Trinajstić information content (AvgIpc) is 2.15. The fourth-order valence-corrected chi connectivity index (χ4v) is 3.15. The van der Waals surface area contributed by atoms with Crippen LogP contribution in [-0.2, 0) is 14.6 Å². The number of nitrogen functional groups attached to an aromatic ring is 1. The van der Waals surface area contributed by atoms with Gasteiger partial charge in [0.15, 0.2) is 9.84 Å². The maximum atomic E-state index is 12.0. The van der Waals surface area contributed by atoms with Crippen LogP contribution in [0.2, 0.25) is 0 Å². The van der Waals surface area contributed by atoms with Gasteiger partial charge in [-0.3, -0.25) is 4.79 Å². The van der Waals surface area contributed by atoms with Gasteiger partial charge in [0.25, 0.3) is 0 Å². The highest BCUT2D eigenvalue weighted by Crippen LogP contribution is 2.22. The number of aryl methyl sites for hydroxylation is 1. The number of hydrogen-bond acceptors (Lipinski definition) is 4. The molecule has 1 aromatic rings. The minimum Gasteiger partial charge on any atom is -0.398 e. The molecule has 0 aliphatic heterocycles. The largest absolute Gasteiger partial charge is 0.398 e. The van der Waals surface area contributed by atoms with E-state index < -0.39 is 21.7 Å². The molecule has 0 fully saturated rings. The number of benzene rings is 1. The van der Waals surface area contributed by atoms with E-state index in [2.05, 4.69) is 0 Å². The molecule has 1 aromatic carbocycles. The molecule has 5 nitrogen and oxygen atoms in total. The first-order valence-corrected chi connectivity index (χ1v) is 6.77. The van der Waals surface area contributed by atoms with E-state index >= 15 is 0 Å². The van der Waals surface area contributed by atoms with Crippen LogP contribution in [0.4, 0.5) is 5.69 Å². The zero-order valence-corrected chi connectivity index (χ0v) is 10.6. The van der Waals surface area contributed by atoms with Crippen LogP contribution in [-0.4, -0.2) is 20.1 Å². The molecule has 4 N–H and O–H groups in total. The summed E-state index contributed by atoms with van der Waals surface area (Å²) in [5, 5.41) is 0. The van der Waals surface area contributed by atoms with E-state index in [0.717, 1.165) is 5.56 Å². The van der Waals surface area contributed by atoms with E-state index in [-0.39, 0.29) is 16.3 Å². The number of rotatable bonds is 4. The van der Waals surface area contributed by atoms with Crippen LogP contribution in [0.1, 0.15) is 12.5 Å². The minimum absolute atomic E-state index is 0.0520. The van der Waals surface area contributed by atoms with Gasteiger partial charge >= 0.3 is 0 Å². The number of carbonyl (C=O) groups excluding carboxylic acids is 1. The third-order valence-corrected chi connectivity index (χ3v) is 4.44. The molecule has 1 unspecified atom stereocenters. The summed E-state index contributed by atoms with van der Waals surface area (Å²) in [6.07, 6.45) is 0. The summed E-state index contributed by atoms with van der Waals surface area (Å²) in [6, 6.07) is 4.70. The maximum absolute atomic E-state index is 12.0.